The molecule has 2 heterocycles. The van der Waals surface area contributed by atoms with Gasteiger partial charge in [0, 0.05) is 25.0 Å². The lowest BCUT2D eigenvalue weighted by molar-refractivity contribution is 0.534. The van der Waals surface area contributed by atoms with E-state index < -0.39 is 0 Å². The van der Waals surface area contributed by atoms with Crippen LogP contribution < -0.4 is 5.73 Å². The lowest BCUT2D eigenvalue weighted by atomic mass is 9.97. The predicted molar refractivity (Wildman–Crippen MR) is 76.5 cm³/mol. The zero-order valence-electron chi connectivity index (χ0n) is 11.3. The van der Waals surface area contributed by atoms with Gasteiger partial charge in [0.15, 0.2) is 0 Å². The summed E-state index contributed by atoms with van der Waals surface area (Å²) in [5.41, 5.74) is 9.54. The smallest absolute Gasteiger partial charge is 0.129 e. The van der Waals surface area contributed by atoms with E-state index in [1.165, 1.54) is 25.7 Å². The first-order valence-corrected chi connectivity index (χ1v) is 6.97. The highest BCUT2D eigenvalue weighted by atomic mass is 15.3. The molecule has 1 fully saturated rings. The molecule has 1 saturated carbocycles. The zero-order valence-corrected chi connectivity index (χ0v) is 11.3. The number of rotatable bonds is 3. The van der Waals surface area contributed by atoms with Crippen LogP contribution in [0.2, 0.25) is 0 Å². The van der Waals surface area contributed by atoms with Crippen LogP contribution in [-0.2, 0) is 13.5 Å². The van der Waals surface area contributed by atoms with Gasteiger partial charge in [0.1, 0.15) is 5.82 Å². The normalized spacial score (nSPS) is 16.1. The number of pyridine rings is 1. The number of nitrogens with zero attached hydrogens (tertiary/aromatic N) is 3. The van der Waals surface area contributed by atoms with E-state index in [1.54, 1.807) is 17.1 Å². The topological polar surface area (TPSA) is 56.7 Å². The molecule has 0 radical (unpaired) electrons. The van der Waals surface area contributed by atoms with E-state index in [9.17, 15) is 0 Å². The number of nitrogens with two attached hydrogens (primary N) is 1. The van der Waals surface area contributed by atoms with Gasteiger partial charge in [0.25, 0.3) is 0 Å². The number of anilines is 1. The molecule has 2 aromatic heterocycles. The Kier molecular flexibility index (Phi) is 3.23. The van der Waals surface area contributed by atoms with Crippen molar-refractivity contribution in [3.05, 3.63) is 30.2 Å². The lowest BCUT2D eigenvalue weighted by Crippen LogP contribution is -2.01. The average Bonchev–Trinajstić information content (AvgIpc) is 3.01. The van der Waals surface area contributed by atoms with Gasteiger partial charge >= 0.3 is 0 Å². The zero-order chi connectivity index (χ0) is 13.2. The van der Waals surface area contributed by atoms with E-state index in [2.05, 4.69) is 10.1 Å². The van der Waals surface area contributed by atoms with Crippen molar-refractivity contribution in [1.29, 1.82) is 0 Å². The third-order valence-corrected chi connectivity index (χ3v) is 4.09. The Morgan fingerprint density at radius 1 is 1.26 bits per heavy atom. The van der Waals surface area contributed by atoms with Gasteiger partial charge in [-0.1, -0.05) is 25.7 Å². The van der Waals surface area contributed by atoms with E-state index >= 15 is 0 Å². The number of hydrogen-bond donors (Lipinski definition) is 1. The van der Waals surface area contributed by atoms with Crippen molar-refractivity contribution in [2.75, 3.05) is 5.73 Å². The van der Waals surface area contributed by atoms with Crippen molar-refractivity contribution >= 4 is 5.82 Å². The quantitative estimate of drug-likeness (QED) is 0.918. The van der Waals surface area contributed by atoms with Crippen LogP contribution in [0.3, 0.4) is 0 Å². The molecule has 0 bridgehead atoms. The SMILES string of the molecule is Cn1nc(CC2CCCC2)c(-c2ccncc2)c1N. The maximum Gasteiger partial charge on any atom is 0.129 e. The molecular weight excluding hydrogens is 236 g/mol. The molecule has 0 atom stereocenters. The van der Waals surface area contributed by atoms with Crippen molar-refractivity contribution in [3.63, 3.8) is 0 Å². The van der Waals surface area contributed by atoms with Gasteiger partial charge in [0.2, 0.25) is 0 Å². The summed E-state index contributed by atoms with van der Waals surface area (Å²) in [5.74, 6) is 1.52. The molecule has 100 valence electrons. The molecule has 0 spiro atoms. The summed E-state index contributed by atoms with van der Waals surface area (Å²) in [5, 5.41) is 4.62. The van der Waals surface area contributed by atoms with Crippen LogP contribution in [-0.4, -0.2) is 14.8 Å². The van der Waals surface area contributed by atoms with Gasteiger partial charge in [-0.25, -0.2) is 0 Å². The largest absolute Gasteiger partial charge is 0.383 e. The van der Waals surface area contributed by atoms with Crippen molar-refractivity contribution in [2.45, 2.75) is 32.1 Å². The number of aromatic nitrogens is 3. The third-order valence-electron chi connectivity index (χ3n) is 4.09. The number of hydrogen-bond acceptors (Lipinski definition) is 3. The van der Waals surface area contributed by atoms with Crippen LogP contribution in [0.25, 0.3) is 11.1 Å². The minimum atomic E-state index is 0.749. The van der Waals surface area contributed by atoms with Crippen LogP contribution in [0.4, 0.5) is 5.82 Å². The molecule has 0 amide bonds. The Bertz CT molecular complexity index is 553. The molecule has 0 unspecified atom stereocenters. The molecule has 1 aliphatic rings. The summed E-state index contributed by atoms with van der Waals surface area (Å²) >= 11 is 0. The Labute approximate surface area is 113 Å². The van der Waals surface area contributed by atoms with E-state index in [0.29, 0.717) is 0 Å². The van der Waals surface area contributed by atoms with Crippen LogP contribution in [0, 0.1) is 5.92 Å². The summed E-state index contributed by atoms with van der Waals surface area (Å²) in [6, 6.07) is 4.01. The van der Waals surface area contributed by atoms with E-state index in [1.807, 2.05) is 19.2 Å². The molecule has 1 aliphatic carbocycles. The molecule has 2 aromatic rings. The molecule has 4 heteroatoms. The van der Waals surface area contributed by atoms with Gasteiger partial charge in [-0.2, -0.15) is 5.10 Å². The summed E-state index contributed by atoms with van der Waals surface area (Å²) in [7, 11) is 1.91. The maximum absolute atomic E-state index is 6.19. The first-order chi connectivity index (χ1) is 9.25. The summed E-state index contributed by atoms with van der Waals surface area (Å²) in [4.78, 5) is 4.07. The summed E-state index contributed by atoms with van der Waals surface area (Å²) in [6.07, 6.45) is 10.0. The number of aryl methyl sites for hydroxylation is 1. The van der Waals surface area contributed by atoms with Gasteiger partial charge in [0.05, 0.1) is 5.69 Å². The van der Waals surface area contributed by atoms with Crippen molar-refractivity contribution in [2.24, 2.45) is 13.0 Å². The molecule has 0 saturated heterocycles. The van der Waals surface area contributed by atoms with E-state index in [4.69, 9.17) is 5.73 Å². The first-order valence-electron chi connectivity index (χ1n) is 6.97. The molecule has 19 heavy (non-hydrogen) atoms. The highest BCUT2D eigenvalue weighted by molar-refractivity contribution is 5.76. The highest BCUT2D eigenvalue weighted by Crippen LogP contribution is 2.34. The average molecular weight is 256 g/mol. The Morgan fingerprint density at radius 3 is 2.63 bits per heavy atom. The van der Waals surface area contributed by atoms with Crippen molar-refractivity contribution in [1.82, 2.24) is 14.8 Å². The molecule has 4 nitrogen and oxygen atoms in total. The fourth-order valence-corrected chi connectivity index (χ4v) is 3.06. The first kappa shape index (κ1) is 12.2. The Hall–Kier alpha value is -1.84. The van der Waals surface area contributed by atoms with Crippen LogP contribution in [0.5, 0.6) is 0 Å². The second kappa shape index (κ2) is 5.03. The van der Waals surface area contributed by atoms with E-state index in [0.717, 1.165) is 35.0 Å². The van der Waals surface area contributed by atoms with E-state index in [-0.39, 0.29) is 0 Å². The maximum atomic E-state index is 6.19. The van der Waals surface area contributed by atoms with Gasteiger partial charge in [-0.3, -0.25) is 9.67 Å². The van der Waals surface area contributed by atoms with Crippen molar-refractivity contribution in [3.8, 4) is 11.1 Å². The van der Waals surface area contributed by atoms with Gasteiger partial charge in [-0.15, -0.1) is 0 Å². The lowest BCUT2D eigenvalue weighted by Gasteiger charge is -2.08. The number of nitrogen functional groups attached to an aromatic ring is 1. The van der Waals surface area contributed by atoms with Gasteiger partial charge in [-0.05, 0) is 30.0 Å². The van der Waals surface area contributed by atoms with Crippen LogP contribution in [0.15, 0.2) is 24.5 Å². The second-order valence-corrected chi connectivity index (χ2v) is 5.42. The standard InChI is InChI=1S/C15H20N4/c1-19-15(16)14(12-6-8-17-9-7-12)13(18-19)10-11-4-2-3-5-11/h6-9,11H,2-5,10,16H2,1H3. The second-order valence-electron chi connectivity index (χ2n) is 5.42. The molecule has 3 rings (SSSR count). The molecular formula is C15H20N4. The highest BCUT2D eigenvalue weighted by Gasteiger charge is 2.21. The minimum Gasteiger partial charge on any atom is -0.383 e. The monoisotopic (exact) mass is 256 g/mol. The Morgan fingerprint density at radius 2 is 1.95 bits per heavy atom. The summed E-state index contributed by atoms with van der Waals surface area (Å²) < 4.78 is 1.79. The molecule has 2 N–H and O–H groups in total. The predicted octanol–water partition coefficient (Wildman–Crippen LogP) is 2.80. The third kappa shape index (κ3) is 2.35. The summed E-state index contributed by atoms with van der Waals surface area (Å²) in [6.45, 7) is 0. The van der Waals surface area contributed by atoms with Gasteiger partial charge < -0.3 is 5.73 Å². The fraction of sp³-hybridized carbons (Fsp3) is 0.467. The molecule has 0 aromatic carbocycles. The molecule has 0 aliphatic heterocycles. The Balaban J connectivity index is 1.97. The van der Waals surface area contributed by atoms with Crippen molar-refractivity contribution < 1.29 is 0 Å². The van der Waals surface area contributed by atoms with Crippen LogP contribution >= 0.6 is 0 Å². The van der Waals surface area contributed by atoms with Crippen LogP contribution in [0.1, 0.15) is 31.4 Å². The fourth-order valence-electron chi connectivity index (χ4n) is 3.06. The minimum absolute atomic E-state index is 0.749.